The van der Waals surface area contributed by atoms with E-state index in [1.807, 2.05) is 0 Å². The van der Waals surface area contributed by atoms with Crippen LogP contribution in [0.25, 0.3) is 12.2 Å². The number of ether oxygens (including phenoxy) is 7. The van der Waals surface area contributed by atoms with Crippen molar-refractivity contribution in [2.45, 2.75) is 92.1 Å². The highest BCUT2D eigenvalue weighted by atomic mass is 16.7. The summed E-state index contributed by atoms with van der Waals surface area (Å²) in [4.78, 5) is 24.6. The summed E-state index contributed by atoms with van der Waals surface area (Å²) in [6.07, 6.45) is -18.3. The highest BCUT2D eigenvalue weighted by Gasteiger charge is 2.47. The summed E-state index contributed by atoms with van der Waals surface area (Å²) in [6, 6.07) is 12.0. The van der Waals surface area contributed by atoms with Crippen molar-refractivity contribution in [3.05, 3.63) is 71.8 Å². The highest BCUT2D eigenvalue weighted by Crippen LogP contribution is 2.27. The Labute approximate surface area is 318 Å². The van der Waals surface area contributed by atoms with Crippen molar-refractivity contribution in [2.24, 2.45) is 0 Å². The van der Waals surface area contributed by atoms with Crippen LogP contribution < -0.4 is 9.47 Å². The van der Waals surface area contributed by atoms with E-state index in [-0.39, 0.29) is 11.5 Å². The molecule has 2 aromatic carbocycles. The minimum Gasteiger partial charge on any atom is -0.462 e. The molecule has 0 spiro atoms. The van der Waals surface area contributed by atoms with Crippen LogP contribution in [0, 0.1) is 0 Å². The van der Waals surface area contributed by atoms with Gasteiger partial charge in [-0.3, -0.25) is 0 Å². The van der Waals surface area contributed by atoms with Crippen LogP contribution in [0.4, 0.5) is 0 Å². The van der Waals surface area contributed by atoms with Crippen molar-refractivity contribution in [1.29, 1.82) is 0 Å². The molecule has 0 bridgehead atoms. The first-order chi connectivity index (χ1) is 26.7. The minimum atomic E-state index is -1.78. The zero-order valence-corrected chi connectivity index (χ0v) is 29.3. The van der Waals surface area contributed by atoms with E-state index in [0.29, 0.717) is 11.1 Å². The van der Waals surface area contributed by atoms with Crippen molar-refractivity contribution in [3.8, 4) is 11.5 Å². The molecule has 0 aliphatic carbocycles. The zero-order chi connectivity index (χ0) is 40.7. The summed E-state index contributed by atoms with van der Waals surface area (Å²) < 4.78 is 37.2. The van der Waals surface area contributed by atoms with Gasteiger partial charge in [0.15, 0.2) is 6.29 Å². The number of hydrogen-bond acceptors (Lipinski definition) is 20. The Balaban J connectivity index is 1.07. The van der Waals surface area contributed by atoms with Gasteiger partial charge in [-0.2, -0.15) is 0 Å². The van der Waals surface area contributed by atoms with Gasteiger partial charge in [-0.05, 0) is 47.5 Å². The number of esters is 2. The molecule has 2 aromatic rings. The quantitative estimate of drug-likeness (QED) is 0.0674. The first-order valence-electron chi connectivity index (χ1n) is 17.3. The van der Waals surface area contributed by atoms with E-state index in [2.05, 4.69) is 0 Å². The molecule has 15 atom stereocenters. The van der Waals surface area contributed by atoms with Gasteiger partial charge in [0.25, 0.3) is 0 Å². The molecule has 0 amide bonds. The number of rotatable bonds is 13. The summed E-state index contributed by atoms with van der Waals surface area (Å²) in [5.74, 6) is -1.32. The van der Waals surface area contributed by atoms with E-state index in [1.165, 1.54) is 48.6 Å². The summed E-state index contributed by atoms with van der Waals surface area (Å²) in [6.45, 7) is -1.67. The molecule has 3 fully saturated rings. The Morgan fingerprint density at radius 2 is 0.875 bits per heavy atom. The maximum Gasteiger partial charge on any atom is 0.330 e. The number of carbonyl (C=O) groups excluding carboxylic acids is 2. The third-order valence-corrected chi connectivity index (χ3v) is 9.07. The number of aliphatic hydroxyl groups is 11. The highest BCUT2D eigenvalue weighted by molar-refractivity contribution is 5.87. The van der Waals surface area contributed by atoms with Gasteiger partial charge in [0.2, 0.25) is 12.6 Å². The van der Waals surface area contributed by atoms with Gasteiger partial charge in [-0.25, -0.2) is 9.59 Å². The van der Waals surface area contributed by atoms with Crippen LogP contribution in [0.1, 0.15) is 11.1 Å². The van der Waals surface area contributed by atoms with Gasteiger partial charge in [-0.1, -0.05) is 24.3 Å². The van der Waals surface area contributed by atoms with Gasteiger partial charge < -0.3 is 89.3 Å². The second-order valence-electron chi connectivity index (χ2n) is 13.0. The standard InChI is InChI=1S/C36H44O20/c37-13-20-25(40)29(44)32(47)35(55-20)52-18-7-1-16(2-8-18)6-12-24(39)51-15-22-27(42)30(45)33(48)36(56-22)53-19-9-3-17(4-10-19)5-11-23(38)50-14-21-26(41)28(43)31(46)34(49)54-21/h1-12,20-22,25-37,40-49H,13-15H2/b11-5+,12-6+/t20-,21-,22-,25-,26-,27-,28+,29+,30+,31-,32-,33-,34-,35-,36-/m1/s1. The summed E-state index contributed by atoms with van der Waals surface area (Å²) in [5, 5.41) is 110. The number of benzene rings is 2. The summed E-state index contributed by atoms with van der Waals surface area (Å²) >= 11 is 0. The van der Waals surface area contributed by atoms with Crippen LogP contribution in [0.2, 0.25) is 0 Å². The Morgan fingerprint density at radius 1 is 0.500 bits per heavy atom. The maximum atomic E-state index is 12.5. The van der Waals surface area contributed by atoms with Gasteiger partial charge in [0.1, 0.15) is 98.0 Å². The fourth-order valence-electron chi connectivity index (χ4n) is 5.72. The molecular formula is C36H44O20. The Morgan fingerprint density at radius 3 is 1.30 bits per heavy atom. The number of aliphatic hydroxyl groups excluding tert-OH is 11. The minimum absolute atomic E-state index is 0.156. The van der Waals surface area contributed by atoms with Crippen molar-refractivity contribution < 1.29 is 98.9 Å². The largest absolute Gasteiger partial charge is 0.462 e. The van der Waals surface area contributed by atoms with Crippen LogP contribution in [0.15, 0.2) is 60.7 Å². The van der Waals surface area contributed by atoms with Gasteiger partial charge in [-0.15, -0.1) is 0 Å². The molecule has 20 heteroatoms. The van der Waals surface area contributed by atoms with Gasteiger partial charge in [0.05, 0.1) is 6.61 Å². The molecule has 56 heavy (non-hydrogen) atoms. The molecule has 0 unspecified atom stereocenters. The molecule has 0 saturated carbocycles. The number of carbonyl (C=O) groups is 2. The van der Waals surface area contributed by atoms with Crippen molar-refractivity contribution in [1.82, 2.24) is 0 Å². The Hall–Kier alpha value is -4.10. The monoisotopic (exact) mass is 796 g/mol. The molecule has 11 N–H and O–H groups in total. The molecule has 308 valence electrons. The van der Waals surface area contributed by atoms with E-state index in [9.17, 15) is 65.8 Å². The van der Waals surface area contributed by atoms with Crippen LogP contribution in [-0.4, -0.2) is 180 Å². The van der Waals surface area contributed by atoms with E-state index in [0.717, 1.165) is 12.2 Å². The lowest BCUT2D eigenvalue weighted by Crippen LogP contribution is -2.60. The molecule has 3 aliphatic rings. The van der Waals surface area contributed by atoms with Crippen molar-refractivity contribution >= 4 is 24.1 Å². The first-order valence-corrected chi connectivity index (χ1v) is 17.3. The second-order valence-corrected chi connectivity index (χ2v) is 13.0. The lowest BCUT2D eigenvalue weighted by atomic mass is 9.99. The third kappa shape index (κ3) is 10.6. The van der Waals surface area contributed by atoms with Crippen LogP contribution >= 0.6 is 0 Å². The lowest BCUT2D eigenvalue weighted by Gasteiger charge is -2.39. The van der Waals surface area contributed by atoms with Gasteiger partial charge in [0, 0.05) is 12.2 Å². The predicted octanol–water partition coefficient (Wildman–Crippen LogP) is -4.34. The summed E-state index contributed by atoms with van der Waals surface area (Å²) in [5.41, 5.74) is 1.01. The topological polar surface area (TPSA) is 321 Å². The van der Waals surface area contributed by atoms with Crippen LogP contribution in [0.5, 0.6) is 11.5 Å². The summed E-state index contributed by atoms with van der Waals surface area (Å²) in [7, 11) is 0. The fourth-order valence-corrected chi connectivity index (χ4v) is 5.72. The zero-order valence-electron chi connectivity index (χ0n) is 29.3. The molecule has 20 nitrogen and oxygen atoms in total. The van der Waals surface area contributed by atoms with E-state index in [1.54, 1.807) is 12.1 Å². The number of hydrogen-bond donors (Lipinski definition) is 11. The Bertz CT molecular complexity index is 1630. The van der Waals surface area contributed by atoms with E-state index >= 15 is 0 Å². The lowest BCUT2D eigenvalue weighted by molar-refractivity contribution is -0.287. The normalized spacial score (nSPS) is 36.3. The second kappa shape index (κ2) is 19.4. The molecule has 3 aliphatic heterocycles. The average molecular weight is 797 g/mol. The van der Waals surface area contributed by atoms with Crippen molar-refractivity contribution in [3.63, 3.8) is 0 Å². The van der Waals surface area contributed by atoms with E-state index in [4.69, 9.17) is 33.2 Å². The van der Waals surface area contributed by atoms with Crippen LogP contribution in [-0.2, 0) is 33.3 Å². The first kappa shape index (κ1) is 43.0. The molecule has 3 heterocycles. The fraction of sp³-hybridized carbons (Fsp3) is 0.500. The van der Waals surface area contributed by atoms with E-state index < -0.39 is 124 Å². The third-order valence-electron chi connectivity index (χ3n) is 9.07. The predicted molar refractivity (Wildman–Crippen MR) is 183 cm³/mol. The van der Waals surface area contributed by atoms with Crippen molar-refractivity contribution in [2.75, 3.05) is 19.8 Å². The molecule has 3 saturated heterocycles. The SMILES string of the molecule is O=C(/C=C/c1ccc(O[C@@H]2O[C@H](COC(=O)/C=C/c3ccc(O[C@@H]4O[C@H](CO)[C@@H](O)[C@H](O)[C@H]4O)cc3)[C@@H](O)[C@H](O)[C@H]2O)cc1)OC[C@H]1O[C@@H](O)[C@H](O)[C@@H](O)[C@@H]1O. The smallest absolute Gasteiger partial charge is 0.330 e. The van der Waals surface area contributed by atoms with Gasteiger partial charge >= 0.3 is 11.9 Å². The maximum absolute atomic E-state index is 12.5. The molecule has 0 radical (unpaired) electrons. The molecular weight excluding hydrogens is 752 g/mol. The Kier molecular flexibility index (Phi) is 14.9. The van der Waals surface area contributed by atoms with Crippen LogP contribution in [0.3, 0.4) is 0 Å². The molecule has 5 rings (SSSR count). The average Bonchev–Trinajstić information content (AvgIpc) is 3.20. The molecule has 0 aromatic heterocycles.